The molecule has 1 atom stereocenters. The maximum atomic E-state index is 11.9. The second-order valence-electron chi connectivity index (χ2n) is 4.39. The Balaban J connectivity index is 2.04. The summed E-state index contributed by atoms with van der Waals surface area (Å²) in [6.07, 6.45) is 1.55. The molecule has 1 unspecified atom stereocenters. The molecule has 0 bridgehead atoms. The molecular formula is C14H15N3O3. The highest BCUT2D eigenvalue weighted by atomic mass is 16.4. The number of H-pyrrole nitrogens is 1. The smallest absolute Gasteiger partial charge is 0.305 e. The van der Waals surface area contributed by atoms with Gasteiger partial charge in [-0.1, -0.05) is 30.3 Å². The summed E-state index contributed by atoms with van der Waals surface area (Å²) in [5, 5.41) is 18.1. The first-order chi connectivity index (χ1) is 9.65. The molecule has 0 radical (unpaired) electrons. The Labute approximate surface area is 115 Å². The summed E-state index contributed by atoms with van der Waals surface area (Å²) in [4.78, 5) is 22.8. The van der Waals surface area contributed by atoms with E-state index in [-0.39, 0.29) is 18.7 Å². The average molecular weight is 273 g/mol. The number of benzene rings is 1. The lowest BCUT2D eigenvalue weighted by Gasteiger charge is -2.17. The van der Waals surface area contributed by atoms with Crippen molar-refractivity contribution in [2.24, 2.45) is 0 Å². The summed E-state index contributed by atoms with van der Waals surface area (Å²) in [5.41, 5.74) is 1.46. The Kier molecular flexibility index (Phi) is 4.49. The molecule has 3 N–H and O–H groups in total. The minimum atomic E-state index is -0.958. The monoisotopic (exact) mass is 273 g/mol. The number of carbonyl (C=O) groups excluding carboxylic acids is 1. The SMILES string of the molecule is O=C(O)CC(NC(=O)Cc1ccn[nH]1)c1ccccc1. The second-order valence-corrected chi connectivity index (χ2v) is 4.39. The van der Waals surface area contributed by atoms with E-state index in [9.17, 15) is 9.59 Å². The molecule has 0 aliphatic rings. The van der Waals surface area contributed by atoms with Crippen molar-refractivity contribution in [1.29, 1.82) is 0 Å². The predicted octanol–water partition coefficient (Wildman–Crippen LogP) is 1.28. The van der Waals surface area contributed by atoms with Gasteiger partial charge in [-0.3, -0.25) is 14.7 Å². The number of carboxylic acid groups (broad SMARTS) is 1. The first-order valence-corrected chi connectivity index (χ1v) is 6.19. The van der Waals surface area contributed by atoms with Crippen LogP contribution in [0.2, 0.25) is 0 Å². The molecule has 20 heavy (non-hydrogen) atoms. The summed E-state index contributed by atoms with van der Waals surface area (Å²) >= 11 is 0. The molecule has 0 spiro atoms. The quantitative estimate of drug-likeness (QED) is 0.739. The van der Waals surface area contributed by atoms with Gasteiger partial charge in [0.05, 0.1) is 18.9 Å². The van der Waals surface area contributed by atoms with Gasteiger partial charge in [0, 0.05) is 11.9 Å². The van der Waals surface area contributed by atoms with Crippen LogP contribution in [-0.2, 0) is 16.0 Å². The molecule has 1 heterocycles. The predicted molar refractivity (Wildman–Crippen MR) is 71.9 cm³/mol. The Bertz CT molecular complexity index is 567. The van der Waals surface area contributed by atoms with Gasteiger partial charge in [0.2, 0.25) is 5.91 Å². The maximum Gasteiger partial charge on any atom is 0.305 e. The van der Waals surface area contributed by atoms with E-state index in [2.05, 4.69) is 15.5 Å². The molecule has 2 rings (SSSR count). The lowest BCUT2D eigenvalue weighted by molar-refractivity contribution is -0.137. The number of carboxylic acids is 1. The minimum Gasteiger partial charge on any atom is -0.481 e. The number of carbonyl (C=O) groups is 2. The maximum absolute atomic E-state index is 11.9. The molecular weight excluding hydrogens is 258 g/mol. The fourth-order valence-corrected chi connectivity index (χ4v) is 1.91. The minimum absolute atomic E-state index is 0.142. The van der Waals surface area contributed by atoms with Crippen LogP contribution in [0.15, 0.2) is 42.6 Å². The lowest BCUT2D eigenvalue weighted by Crippen LogP contribution is -2.31. The Hall–Kier alpha value is -2.63. The molecule has 1 aromatic heterocycles. The van der Waals surface area contributed by atoms with Crippen LogP contribution < -0.4 is 5.32 Å². The van der Waals surface area contributed by atoms with Crippen molar-refractivity contribution in [3.05, 3.63) is 53.9 Å². The van der Waals surface area contributed by atoms with Gasteiger partial charge in [-0.2, -0.15) is 5.10 Å². The number of aromatic nitrogens is 2. The van der Waals surface area contributed by atoms with Crippen LogP contribution in [0.3, 0.4) is 0 Å². The highest BCUT2D eigenvalue weighted by Crippen LogP contribution is 2.16. The van der Waals surface area contributed by atoms with Crippen molar-refractivity contribution in [2.75, 3.05) is 0 Å². The van der Waals surface area contributed by atoms with Crippen molar-refractivity contribution in [2.45, 2.75) is 18.9 Å². The summed E-state index contributed by atoms with van der Waals surface area (Å²) in [6.45, 7) is 0. The van der Waals surface area contributed by atoms with E-state index in [1.807, 2.05) is 18.2 Å². The van der Waals surface area contributed by atoms with Gasteiger partial charge in [-0.25, -0.2) is 0 Å². The van der Waals surface area contributed by atoms with Crippen molar-refractivity contribution < 1.29 is 14.7 Å². The van der Waals surface area contributed by atoms with Crippen LogP contribution >= 0.6 is 0 Å². The molecule has 0 saturated heterocycles. The van der Waals surface area contributed by atoms with Crippen LogP contribution in [0.4, 0.5) is 0 Å². The largest absolute Gasteiger partial charge is 0.481 e. The number of aromatic amines is 1. The number of hydrogen-bond acceptors (Lipinski definition) is 3. The van der Waals surface area contributed by atoms with E-state index in [1.54, 1.807) is 24.4 Å². The van der Waals surface area contributed by atoms with E-state index in [4.69, 9.17) is 5.11 Å². The molecule has 0 aliphatic heterocycles. The average Bonchev–Trinajstić information content (AvgIpc) is 2.91. The number of aliphatic carboxylic acids is 1. The molecule has 0 aliphatic carbocycles. The fraction of sp³-hybridized carbons (Fsp3) is 0.214. The van der Waals surface area contributed by atoms with Crippen LogP contribution in [0, 0.1) is 0 Å². The Morgan fingerprint density at radius 3 is 2.60 bits per heavy atom. The molecule has 6 heteroatoms. The first-order valence-electron chi connectivity index (χ1n) is 6.19. The standard InChI is InChI=1S/C14H15N3O3/c18-13(8-11-6-7-15-17-11)16-12(9-14(19)20)10-4-2-1-3-5-10/h1-7,12H,8-9H2,(H,15,17)(H,16,18)(H,19,20). The van der Waals surface area contributed by atoms with Gasteiger partial charge in [-0.05, 0) is 11.6 Å². The summed E-state index contributed by atoms with van der Waals surface area (Å²) in [5.74, 6) is -1.20. The second kappa shape index (κ2) is 6.51. The molecule has 2 aromatic rings. The van der Waals surface area contributed by atoms with Crippen molar-refractivity contribution in [1.82, 2.24) is 15.5 Å². The van der Waals surface area contributed by atoms with E-state index in [1.165, 1.54) is 0 Å². The first kappa shape index (κ1) is 13.8. The number of amides is 1. The topological polar surface area (TPSA) is 95.1 Å². The van der Waals surface area contributed by atoms with E-state index >= 15 is 0 Å². The third kappa shape index (κ3) is 3.94. The normalized spacial score (nSPS) is 11.8. The number of hydrogen-bond donors (Lipinski definition) is 3. The zero-order chi connectivity index (χ0) is 14.4. The molecule has 0 saturated carbocycles. The Morgan fingerprint density at radius 1 is 1.25 bits per heavy atom. The van der Waals surface area contributed by atoms with Crippen LogP contribution in [0.5, 0.6) is 0 Å². The van der Waals surface area contributed by atoms with Gasteiger partial charge in [0.25, 0.3) is 0 Å². The van der Waals surface area contributed by atoms with E-state index in [0.29, 0.717) is 5.69 Å². The molecule has 0 fully saturated rings. The number of nitrogens with one attached hydrogen (secondary N) is 2. The van der Waals surface area contributed by atoms with Gasteiger partial charge in [0.15, 0.2) is 0 Å². The summed E-state index contributed by atoms with van der Waals surface area (Å²) in [6, 6.07) is 10.2. The van der Waals surface area contributed by atoms with E-state index in [0.717, 1.165) is 5.56 Å². The van der Waals surface area contributed by atoms with Crippen molar-refractivity contribution >= 4 is 11.9 Å². The molecule has 6 nitrogen and oxygen atoms in total. The summed E-state index contributed by atoms with van der Waals surface area (Å²) in [7, 11) is 0. The number of nitrogens with zero attached hydrogens (tertiary/aromatic N) is 1. The third-order valence-electron chi connectivity index (χ3n) is 2.83. The van der Waals surface area contributed by atoms with Gasteiger partial charge >= 0.3 is 5.97 Å². The summed E-state index contributed by atoms with van der Waals surface area (Å²) < 4.78 is 0. The van der Waals surface area contributed by atoms with Gasteiger partial charge in [-0.15, -0.1) is 0 Å². The lowest BCUT2D eigenvalue weighted by atomic mass is 10.0. The van der Waals surface area contributed by atoms with Crippen molar-refractivity contribution in [3.8, 4) is 0 Å². The highest BCUT2D eigenvalue weighted by Gasteiger charge is 2.18. The fourth-order valence-electron chi connectivity index (χ4n) is 1.91. The molecule has 104 valence electrons. The molecule has 1 amide bonds. The van der Waals surface area contributed by atoms with Gasteiger partial charge < -0.3 is 10.4 Å². The molecule has 1 aromatic carbocycles. The third-order valence-corrected chi connectivity index (χ3v) is 2.83. The van der Waals surface area contributed by atoms with Crippen LogP contribution in [-0.4, -0.2) is 27.2 Å². The van der Waals surface area contributed by atoms with Crippen LogP contribution in [0.25, 0.3) is 0 Å². The van der Waals surface area contributed by atoms with E-state index < -0.39 is 12.0 Å². The zero-order valence-electron chi connectivity index (χ0n) is 10.7. The highest BCUT2D eigenvalue weighted by molar-refractivity contribution is 5.79. The van der Waals surface area contributed by atoms with Crippen molar-refractivity contribution in [3.63, 3.8) is 0 Å². The van der Waals surface area contributed by atoms with Crippen LogP contribution in [0.1, 0.15) is 23.7 Å². The Morgan fingerprint density at radius 2 is 2.00 bits per heavy atom. The zero-order valence-corrected chi connectivity index (χ0v) is 10.7. The van der Waals surface area contributed by atoms with Gasteiger partial charge in [0.1, 0.15) is 0 Å². The number of rotatable bonds is 6.